The first-order valence-corrected chi connectivity index (χ1v) is 6.51. The molecule has 2 aromatic rings. The zero-order valence-corrected chi connectivity index (χ0v) is 11.0. The Labute approximate surface area is 111 Å². The number of alkyl halides is 1. The fraction of sp³-hybridized carbons (Fsp3) is 0.385. The van der Waals surface area contributed by atoms with Crippen LogP contribution in [-0.2, 0) is 13.0 Å². The van der Waals surface area contributed by atoms with Crippen LogP contribution in [0.4, 0.5) is 5.69 Å². The largest absolute Gasteiger partial charge is 0.398 e. The molecular formula is C13H15ClN4. The maximum atomic E-state index is 6.14. The highest BCUT2D eigenvalue weighted by Gasteiger charge is 2.20. The highest BCUT2D eigenvalue weighted by atomic mass is 35.5. The number of halogens is 1. The van der Waals surface area contributed by atoms with Gasteiger partial charge in [-0.05, 0) is 25.0 Å². The first-order chi connectivity index (χ1) is 8.63. The Hall–Kier alpha value is -1.55. The minimum Gasteiger partial charge on any atom is -0.398 e. The van der Waals surface area contributed by atoms with E-state index in [0.29, 0.717) is 0 Å². The summed E-state index contributed by atoms with van der Waals surface area (Å²) in [4.78, 5) is 4.56. The normalized spacial score (nSPS) is 18.7. The molecule has 3 rings (SSSR count). The summed E-state index contributed by atoms with van der Waals surface area (Å²) >= 11 is 6.14. The van der Waals surface area contributed by atoms with E-state index in [1.54, 1.807) is 0 Å². The molecule has 94 valence electrons. The smallest absolute Gasteiger partial charge is 0.181 e. The molecule has 1 aromatic carbocycles. The van der Waals surface area contributed by atoms with E-state index < -0.39 is 0 Å². The molecule has 1 aliphatic heterocycles. The van der Waals surface area contributed by atoms with Crippen molar-refractivity contribution >= 4 is 17.3 Å². The molecule has 0 saturated carbocycles. The third-order valence-electron chi connectivity index (χ3n) is 3.34. The number of anilines is 1. The van der Waals surface area contributed by atoms with Gasteiger partial charge in [-0.2, -0.15) is 5.10 Å². The lowest BCUT2D eigenvalue weighted by atomic mass is 10.1. The molecule has 2 heterocycles. The van der Waals surface area contributed by atoms with Gasteiger partial charge in [0.15, 0.2) is 5.82 Å². The lowest BCUT2D eigenvalue weighted by molar-refractivity contribution is 0.486. The van der Waals surface area contributed by atoms with Crippen molar-refractivity contribution in [3.63, 3.8) is 0 Å². The van der Waals surface area contributed by atoms with Gasteiger partial charge in [-0.15, -0.1) is 11.6 Å². The second kappa shape index (κ2) is 4.28. The van der Waals surface area contributed by atoms with Gasteiger partial charge in [0, 0.05) is 17.7 Å². The molecule has 0 radical (unpaired) electrons. The van der Waals surface area contributed by atoms with Crippen LogP contribution in [0.3, 0.4) is 0 Å². The lowest BCUT2D eigenvalue weighted by Gasteiger charge is -2.16. The first kappa shape index (κ1) is 11.5. The summed E-state index contributed by atoms with van der Waals surface area (Å²) in [5.74, 6) is 1.75. The maximum Gasteiger partial charge on any atom is 0.181 e. The van der Waals surface area contributed by atoms with E-state index in [0.717, 1.165) is 47.8 Å². The number of aromatic nitrogens is 3. The summed E-state index contributed by atoms with van der Waals surface area (Å²) in [5.41, 5.74) is 8.73. The third kappa shape index (κ3) is 1.97. The minimum atomic E-state index is 0.162. The van der Waals surface area contributed by atoms with E-state index in [9.17, 15) is 0 Å². The second-order valence-electron chi connectivity index (χ2n) is 4.74. The third-order valence-corrected chi connectivity index (χ3v) is 3.69. The summed E-state index contributed by atoms with van der Waals surface area (Å²) in [7, 11) is 0. The van der Waals surface area contributed by atoms with Crippen molar-refractivity contribution in [1.29, 1.82) is 0 Å². The van der Waals surface area contributed by atoms with Crippen LogP contribution in [0, 0.1) is 6.92 Å². The number of nitrogen functional groups attached to an aromatic ring is 1. The number of nitrogens with zero attached hydrogens (tertiary/aromatic N) is 3. The fourth-order valence-electron chi connectivity index (χ4n) is 2.17. The summed E-state index contributed by atoms with van der Waals surface area (Å²) in [6.45, 7) is 2.73. The number of nitrogens with two attached hydrogens (primary N) is 1. The van der Waals surface area contributed by atoms with Crippen LogP contribution >= 0.6 is 11.6 Å². The van der Waals surface area contributed by atoms with Gasteiger partial charge in [-0.3, -0.25) is 0 Å². The van der Waals surface area contributed by atoms with Crippen molar-refractivity contribution in [3.8, 4) is 11.4 Å². The standard InChI is InChI=1S/C13H15ClN4/c1-8-2-3-9(6-11(8)15)13-16-12-5-4-10(14)7-18(12)17-13/h2-3,6,10H,4-5,7,15H2,1H3. The van der Waals surface area contributed by atoms with Gasteiger partial charge in [-0.1, -0.05) is 12.1 Å². The Morgan fingerprint density at radius 3 is 3.06 bits per heavy atom. The second-order valence-corrected chi connectivity index (χ2v) is 5.36. The van der Waals surface area contributed by atoms with Crippen LogP contribution in [0.15, 0.2) is 18.2 Å². The van der Waals surface area contributed by atoms with Crippen molar-refractivity contribution in [2.45, 2.75) is 31.7 Å². The summed E-state index contributed by atoms with van der Waals surface area (Å²) in [6.07, 6.45) is 1.86. The Kier molecular flexibility index (Phi) is 2.74. The maximum absolute atomic E-state index is 6.14. The topological polar surface area (TPSA) is 56.7 Å². The van der Waals surface area contributed by atoms with Gasteiger partial charge < -0.3 is 5.73 Å². The molecule has 4 nitrogen and oxygen atoms in total. The SMILES string of the molecule is Cc1ccc(-c2nc3n(n2)CC(Cl)CC3)cc1N. The number of hydrogen-bond acceptors (Lipinski definition) is 3. The monoisotopic (exact) mass is 262 g/mol. The highest BCUT2D eigenvalue weighted by molar-refractivity contribution is 6.20. The molecule has 0 saturated heterocycles. The Bertz CT molecular complexity index is 591. The quantitative estimate of drug-likeness (QED) is 0.634. The summed E-state index contributed by atoms with van der Waals surface area (Å²) < 4.78 is 1.91. The molecule has 5 heteroatoms. The van der Waals surface area contributed by atoms with E-state index in [1.165, 1.54) is 0 Å². The summed E-state index contributed by atoms with van der Waals surface area (Å²) in [5, 5.41) is 4.67. The number of fused-ring (bicyclic) bond motifs is 1. The van der Waals surface area contributed by atoms with Gasteiger partial charge >= 0.3 is 0 Å². The molecule has 18 heavy (non-hydrogen) atoms. The number of hydrogen-bond donors (Lipinski definition) is 1. The van der Waals surface area contributed by atoms with Crippen molar-refractivity contribution in [2.75, 3.05) is 5.73 Å². The van der Waals surface area contributed by atoms with Gasteiger partial charge in [0.2, 0.25) is 0 Å². The van der Waals surface area contributed by atoms with Crippen LogP contribution in [0.5, 0.6) is 0 Å². The molecular weight excluding hydrogens is 248 g/mol. The average molecular weight is 263 g/mol. The molecule has 0 aliphatic carbocycles. The molecule has 1 aromatic heterocycles. The highest BCUT2D eigenvalue weighted by Crippen LogP contribution is 2.24. The lowest BCUT2D eigenvalue weighted by Crippen LogP contribution is -2.21. The van der Waals surface area contributed by atoms with E-state index >= 15 is 0 Å². The molecule has 1 aliphatic rings. The fourth-order valence-corrected chi connectivity index (χ4v) is 2.41. The number of rotatable bonds is 1. The molecule has 0 bridgehead atoms. The van der Waals surface area contributed by atoms with Crippen molar-refractivity contribution in [3.05, 3.63) is 29.6 Å². The van der Waals surface area contributed by atoms with E-state index in [4.69, 9.17) is 17.3 Å². The van der Waals surface area contributed by atoms with Gasteiger partial charge in [0.25, 0.3) is 0 Å². The Balaban J connectivity index is 2.00. The van der Waals surface area contributed by atoms with E-state index in [-0.39, 0.29) is 5.38 Å². The van der Waals surface area contributed by atoms with E-state index in [2.05, 4.69) is 10.1 Å². The Morgan fingerprint density at radius 2 is 2.28 bits per heavy atom. The van der Waals surface area contributed by atoms with E-state index in [1.807, 2.05) is 29.8 Å². The molecule has 0 fully saturated rings. The number of aryl methyl sites for hydroxylation is 2. The predicted molar refractivity (Wildman–Crippen MR) is 72.6 cm³/mol. The van der Waals surface area contributed by atoms with Gasteiger partial charge in [0.1, 0.15) is 5.82 Å². The van der Waals surface area contributed by atoms with Crippen molar-refractivity contribution in [1.82, 2.24) is 14.8 Å². The zero-order chi connectivity index (χ0) is 12.7. The van der Waals surface area contributed by atoms with Crippen LogP contribution in [-0.4, -0.2) is 20.1 Å². The number of benzene rings is 1. The predicted octanol–water partition coefficient (Wildman–Crippen LogP) is 2.39. The molecule has 2 N–H and O–H groups in total. The van der Waals surface area contributed by atoms with Gasteiger partial charge in [-0.25, -0.2) is 9.67 Å². The van der Waals surface area contributed by atoms with Crippen LogP contribution in [0.25, 0.3) is 11.4 Å². The van der Waals surface area contributed by atoms with Gasteiger partial charge in [0.05, 0.1) is 11.9 Å². The molecule has 1 unspecified atom stereocenters. The Morgan fingerprint density at radius 1 is 1.44 bits per heavy atom. The summed E-state index contributed by atoms with van der Waals surface area (Å²) in [6, 6.07) is 5.93. The first-order valence-electron chi connectivity index (χ1n) is 6.08. The molecule has 1 atom stereocenters. The van der Waals surface area contributed by atoms with Crippen molar-refractivity contribution in [2.24, 2.45) is 0 Å². The van der Waals surface area contributed by atoms with Crippen LogP contribution in [0.1, 0.15) is 17.8 Å². The van der Waals surface area contributed by atoms with Crippen LogP contribution < -0.4 is 5.73 Å². The zero-order valence-electron chi connectivity index (χ0n) is 10.2. The molecule has 0 amide bonds. The minimum absolute atomic E-state index is 0.162. The molecule has 0 spiro atoms. The van der Waals surface area contributed by atoms with Crippen LogP contribution in [0.2, 0.25) is 0 Å². The van der Waals surface area contributed by atoms with Crippen molar-refractivity contribution < 1.29 is 0 Å². The average Bonchev–Trinajstić information content (AvgIpc) is 2.75.